The maximum Gasteiger partial charge on any atom is 0.469 e. The van der Waals surface area contributed by atoms with Crippen molar-refractivity contribution < 1.29 is 34.2 Å². The fraction of sp³-hybridized carbons (Fsp3) is 1.00. The molecule has 0 aromatic rings. The summed E-state index contributed by atoms with van der Waals surface area (Å²) in [6, 6.07) is 0. The molecule has 0 saturated carbocycles. The molecule has 202 valence electrons. The minimum atomic E-state index is -4.26. The molecule has 9 heteroatoms. The molecule has 0 spiro atoms. The molecule has 5 N–H and O–H groups in total. The number of aliphatic hydroxyl groups excluding tert-OH is 3. The average molecular weight is 500 g/mol. The topological polar surface area (TPSA) is 131 Å². The van der Waals surface area contributed by atoms with Gasteiger partial charge in [-0.1, -0.05) is 103 Å². The Morgan fingerprint density at radius 1 is 0.576 bits per heavy atom. The molecular weight excluding hydrogens is 445 g/mol. The van der Waals surface area contributed by atoms with E-state index in [2.05, 4.69) is 11.4 Å². The summed E-state index contributed by atoms with van der Waals surface area (Å²) in [5.41, 5.74) is 0. The van der Waals surface area contributed by atoms with Gasteiger partial charge in [0.15, 0.2) is 0 Å². The fourth-order valence-corrected chi connectivity index (χ4v) is 3.96. The third-order valence-electron chi connectivity index (χ3n) is 5.51. The summed E-state index contributed by atoms with van der Waals surface area (Å²) in [4.78, 5) is 18.9. The summed E-state index contributed by atoms with van der Waals surface area (Å²) in [6.45, 7) is 4.19. The lowest BCUT2D eigenvalue weighted by atomic mass is 10.0. The van der Waals surface area contributed by atoms with Gasteiger partial charge in [-0.2, -0.15) is 0 Å². The van der Waals surface area contributed by atoms with Gasteiger partial charge in [0, 0.05) is 19.6 Å². The number of rotatable bonds is 24. The van der Waals surface area contributed by atoms with E-state index in [1.54, 1.807) is 4.90 Å². The minimum Gasteiger partial charge on any atom is -0.395 e. The lowest BCUT2D eigenvalue weighted by Gasteiger charge is -2.17. The largest absolute Gasteiger partial charge is 0.469 e. The van der Waals surface area contributed by atoms with Crippen molar-refractivity contribution in [3.05, 3.63) is 0 Å². The van der Waals surface area contributed by atoms with Crippen molar-refractivity contribution in [1.29, 1.82) is 0 Å². The molecule has 0 aliphatic heterocycles. The van der Waals surface area contributed by atoms with E-state index in [-0.39, 0.29) is 26.4 Å². The Kier molecular flexibility index (Phi) is 30.0. The molecule has 0 heterocycles. The van der Waals surface area contributed by atoms with Gasteiger partial charge < -0.3 is 25.1 Å². The lowest BCUT2D eigenvalue weighted by Crippen LogP contribution is -2.32. The number of hydrogen-bond donors (Lipinski definition) is 5. The first-order valence-electron chi connectivity index (χ1n) is 13.2. The molecule has 0 bridgehead atoms. The van der Waals surface area contributed by atoms with E-state index >= 15 is 0 Å². The highest BCUT2D eigenvalue weighted by Gasteiger charge is 2.12. The Bertz CT molecular complexity index is 396. The van der Waals surface area contributed by atoms with E-state index in [1.165, 1.54) is 83.5 Å². The quantitative estimate of drug-likeness (QED) is 0.0960. The molecular formula is C24H54NO7P. The van der Waals surface area contributed by atoms with Gasteiger partial charge in [0.2, 0.25) is 0 Å². The molecule has 8 nitrogen and oxygen atoms in total. The summed E-state index contributed by atoms with van der Waals surface area (Å²) in [5, 5.41) is 25.5. The molecule has 0 saturated heterocycles. The van der Waals surface area contributed by atoms with Crippen LogP contribution in [0.2, 0.25) is 0 Å². The number of unbranched alkanes of at least 4 members (excludes halogenated alkanes) is 15. The predicted octanol–water partition coefficient (Wildman–Crippen LogP) is 4.62. The normalized spacial score (nSPS) is 11.6. The van der Waals surface area contributed by atoms with E-state index in [9.17, 15) is 4.57 Å². The van der Waals surface area contributed by atoms with Crippen molar-refractivity contribution in [3.63, 3.8) is 0 Å². The zero-order valence-corrected chi connectivity index (χ0v) is 22.1. The Morgan fingerprint density at radius 2 is 0.879 bits per heavy atom. The highest BCUT2D eigenvalue weighted by atomic mass is 31.2. The Morgan fingerprint density at radius 3 is 1.15 bits per heavy atom. The summed E-state index contributed by atoms with van der Waals surface area (Å²) >= 11 is 0. The van der Waals surface area contributed by atoms with Crippen LogP contribution in [0, 0.1) is 0 Å². The molecule has 0 amide bonds. The third kappa shape index (κ3) is 34.2. The highest BCUT2D eigenvalue weighted by molar-refractivity contribution is 7.46. The highest BCUT2D eigenvalue weighted by Crippen LogP contribution is 2.35. The maximum absolute atomic E-state index is 10.5. The summed E-state index contributed by atoms with van der Waals surface area (Å²) < 4.78 is 14.9. The van der Waals surface area contributed by atoms with Gasteiger partial charge in [0.25, 0.3) is 0 Å². The number of hydrogen-bond acceptors (Lipinski definition) is 6. The molecule has 0 radical (unpaired) electrons. The van der Waals surface area contributed by atoms with Crippen molar-refractivity contribution in [3.8, 4) is 0 Å². The van der Waals surface area contributed by atoms with Crippen LogP contribution in [0.5, 0.6) is 0 Å². The summed E-state index contributed by atoms with van der Waals surface area (Å²) in [7, 11) is -4.26. The van der Waals surface area contributed by atoms with Crippen LogP contribution >= 0.6 is 7.82 Å². The van der Waals surface area contributed by atoms with Crippen molar-refractivity contribution in [2.75, 3.05) is 46.1 Å². The Labute approximate surface area is 203 Å². The Balaban J connectivity index is 0. The van der Waals surface area contributed by atoms with Crippen LogP contribution in [0.3, 0.4) is 0 Å². The van der Waals surface area contributed by atoms with Crippen LogP contribution in [0.25, 0.3) is 0 Å². The van der Waals surface area contributed by atoms with Crippen LogP contribution in [0.15, 0.2) is 0 Å². The molecule has 0 aromatic heterocycles. The zero-order valence-electron chi connectivity index (χ0n) is 21.2. The van der Waals surface area contributed by atoms with Gasteiger partial charge in [0.1, 0.15) is 0 Å². The molecule has 33 heavy (non-hydrogen) atoms. The summed E-state index contributed by atoms with van der Waals surface area (Å²) in [6.07, 6.45) is 20.7. The van der Waals surface area contributed by atoms with E-state index in [0.29, 0.717) is 19.6 Å². The van der Waals surface area contributed by atoms with E-state index in [4.69, 9.17) is 25.1 Å². The van der Waals surface area contributed by atoms with Crippen LogP contribution in [0.4, 0.5) is 0 Å². The molecule has 0 fully saturated rings. The van der Waals surface area contributed by atoms with Crippen LogP contribution in [-0.4, -0.2) is 76.1 Å². The number of phosphoric acid groups is 1. The third-order valence-corrected chi connectivity index (χ3v) is 6.02. The van der Waals surface area contributed by atoms with Crippen molar-refractivity contribution in [2.45, 2.75) is 110 Å². The second kappa shape index (κ2) is 28.2. The molecule has 0 rings (SSSR count). The zero-order chi connectivity index (χ0) is 25.0. The van der Waals surface area contributed by atoms with Gasteiger partial charge in [0.05, 0.1) is 26.4 Å². The molecule has 0 unspecified atom stereocenters. The molecule has 0 aliphatic rings. The van der Waals surface area contributed by atoms with E-state index in [1.807, 2.05) is 0 Å². The minimum absolute atomic E-state index is 0.0694. The Hall–Kier alpha value is -0.0500. The first kappa shape index (κ1) is 35.1. The average Bonchev–Trinajstić information content (AvgIpc) is 2.76. The second-order valence-electron chi connectivity index (χ2n) is 8.64. The standard InChI is InChI=1S/C18H39O4P.C6H15NO3/c1-2-3-4-5-6-7-8-9-10-11-12-13-14-15-16-17-18-22-23(19,20)21;8-4-1-7(2-5-9)3-6-10/h2-18H2,1H3,(H2,19,20,21);8-10H,1-6H2. The first-order valence-corrected chi connectivity index (χ1v) is 14.7. The van der Waals surface area contributed by atoms with E-state index < -0.39 is 7.82 Å². The van der Waals surface area contributed by atoms with Gasteiger partial charge >= 0.3 is 7.82 Å². The number of nitrogens with zero attached hydrogens (tertiary/aromatic N) is 1. The first-order chi connectivity index (χ1) is 15.9. The monoisotopic (exact) mass is 499 g/mol. The number of phosphoric ester groups is 1. The SMILES string of the molecule is CCCCCCCCCCCCCCCCCCOP(=O)(O)O.OCCN(CCO)CCO. The molecule has 0 atom stereocenters. The van der Waals surface area contributed by atoms with Gasteiger partial charge in [-0.3, -0.25) is 9.42 Å². The molecule has 0 aliphatic carbocycles. The van der Waals surface area contributed by atoms with Crippen LogP contribution < -0.4 is 0 Å². The van der Waals surface area contributed by atoms with Crippen LogP contribution in [0.1, 0.15) is 110 Å². The van der Waals surface area contributed by atoms with Crippen molar-refractivity contribution in [1.82, 2.24) is 4.90 Å². The smallest absolute Gasteiger partial charge is 0.395 e. The van der Waals surface area contributed by atoms with Crippen molar-refractivity contribution in [2.24, 2.45) is 0 Å². The molecule has 0 aromatic carbocycles. The number of aliphatic hydroxyl groups is 3. The van der Waals surface area contributed by atoms with Gasteiger partial charge in [-0.25, -0.2) is 4.57 Å². The fourth-order valence-electron chi connectivity index (χ4n) is 3.59. The summed E-state index contributed by atoms with van der Waals surface area (Å²) in [5.74, 6) is 0. The van der Waals surface area contributed by atoms with Crippen LogP contribution in [-0.2, 0) is 9.09 Å². The van der Waals surface area contributed by atoms with Gasteiger partial charge in [-0.15, -0.1) is 0 Å². The van der Waals surface area contributed by atoms with E-state index in [0.717, 1.165) is 19.3 Å². The maximum atomic E-state index is 10.5. The predicted molar refractivity (Wildman–Crippen MR) is 135 cm³/mol. The lowest BCUT2D eigenvalue weighted by molar-refractivity contribution is 0.136. The second-order valence-corrected chi connectivity index (χ2v) is 9.88. The van der Waals surface area contributed by atoms with Gasteiger partial charge in [-0.05, 0) is 6.42 Å². The van der Waals surface area contributed by atoms with Crippen molar-refractivity contribution >= 4 is 7.82 Å².